The van der Waals surface area contributed by atoms with Crippen molar-refractivity contribution in [2.45, 2.75) is 23.6 Å². The van der Waals surface area contributed by atoms with Crippen molar-refractivity contribution >= 4 is 51.0 Å². The van der Waals surface area contributed by atoms with Crippen LogP contribution in [0.3, 0.4) is 0 Å². The van der Waals surface area contributed by atoms with Gasteiger partial charge < -0.3 is 9.47 Å². The monoisotopic (exact) mass is 539 g/mol. The minimum atomic E-state index is -3.78. The summed E-state index contributed by atoms with van der Waals surface area (Å²) < 4.78 is 38.6. The van der Waals surface area contributed by atoms with Crippen LogP contribution < -0.4 is 9.46 Å². The van der Waals surface area contributed by atoms with Gasteiger partial charge in [-0.1, -0.05) is 23.2 Å². The van der Waals surface area contributed by atoms with Gasteiger partial charge in [0.25, 0.3) is 0 Å². The second kappa shape index (κ2) is 11.5. The predicted molar refractivity (Wildman–Crippen MR) is 136 cm³/mol. The molecule has 0 saturated carbocycles. The van der Waals surface area contributed by atoms with E-state index >= 15 is 0 Å². The van der Waals surface area contributed by atoms with Crippen LogP contribution in [0.4, 0.5) is 0 Å². The number of nitrogens with one attached hydrogen (secondary N) is 1. The molecule has 1 N–H and O–H groups in total. The number of ether oxygens (including phenoxy) is 2. The molecule has 3 rings (SSSR count). The normalized spacial score (nSPS) is 11.3. The Bertz CT molecular complexity index is 1280. The molecule has 3 aromatic carbocycles. The third-order valence-electron chi connectivity index (χ3n) is 4.91. The van der Waals surface area contributed by atoms with Gasteiger partial charge in [-0.3, -0.25) is 0 Å². The molecule has 34 heavy (non-hydrogen) atoms. The fourth-order valence-corrected chi connectivity index (χ4v) is 5.61. The second-order valence-electron chi connectivity index (χ2n) is 7.33. The van der Waals surface area contributed by atoms with E-state index in [4.69, 9.17) is 32.7 Å². The molecule has 180 valence electrons. The Labute approximate surface area is 213 Å². The van der Waals surface area contributed by atoms with Gasteiger partial charge in [0.1, 0.15) is 11.5 Å². The highest BCUT2D eigenvalue weighted by atomic mass is 35.5. The van der Waals surface area contributed by atoms with Crippen LogP contribution in [-0.2, 0) is 14.8 Å². The Morgan fingerprint density at radius 1 is 0.971 bits per heavy atom. The Balaban J connectivity index is 1.56. The molecule has 0 bridgehead atoms. The zero-order valence-corrected chi connectivity index (χ0v) is 21.9. The molecule has 0 saturated heterocycles. The van der Waals surface area contributed by atoms with Gasteiger partial charge in [-0.2, -0.15) is 0 Å². The van der Waals surface area contributed by atoms with Crippen molar-refractivity contribution in [3.63, 3.8) is 0 Å². The maximum Gasteiger partial charge on any atom is 0.338 e. The molecule has 10 heteroatoms. The summed E-state index contributed by atoms with van der Waals surface area (Å²) in [6.45, 7) is 3.72. The van der Waals surface area contributed by atoms with Crippen LogP contribution in [-0.4, -0.2) is 33.8 Å². The standard InChI is InChI=1S/C24H23Cl2NO5S2/c1-15-10-22(14-23(16(15)2)24(28)31-3)34(29,30)27-8-9-33-21-6-4-19(5-7-21)32-20-12-17(25)11-18(26)13-20/h4-7,10-14,27H,8-9H2,1-3H3. The molecule has 0 spiro atoms. The summed E-state index contributed by atoms with van der Waals surface area (Å²) in [5.41, 5.74) is 1.62. The van der Waals surface area contributed by atoms with Gasteiger partial charge >= 0.3 is 5.97 Å². The Morgan fingerprint density at radius 3 is 2.24 bits per heavy atom. The first-order valence-corrected chi connectivity index (χ1v) is 13.4. The topological polar surface area (TPSA) is 81.7 Å². The highest BCUT2D eigenvalue weighted by Gasteiger charge is 2.20. The molecule has 0 aliphatic rings. The minimum Gasteiger partial charge on any atom is -0.465 e. The summed E-state index contributed by atoms with van der Waals surface area (Å²) in [7, 11) is -2.52. The molecule has 3 aromatic rings. The molecule has 6 nitrogen and oxygen atoms in total. The van der Waals surface area contributed by atoms with Crippen LogP contribution in [0.15, 0.2) is 64.4 Å². The highest BCUT2D eigenvalue weighted by Crippen LogP contribution is 2.29. The third-order valence-corrected chi connectivity index (χ3v) is 7.81. The van der Waals surface area contributed by atoms with Crippen LogP contribution in [0.25, 0.3) is 0 Å². The first kappa shape index (κ1) is 26.4. The molecule has 0 radical (unpaired) electrons. The summed E-state index contributed by atoms with van der Waals surface area (Å²) in [5.74, 6) is 1.10. The lowest BCUT2D eigenvalue weighted by molar-refractivity contribution is 0.0599. The number of halogens is 2. The van der Waals surface area contributed by atoms with Crippen molar-refractivity contribution in [1.29, 1.82) is 0 Å². The second-order valence-corrected chi connectivity index (χ2v) is 11.1. The zero-order chi connectivity index (χ0) is 24.9. The van der Waals surface area contributed by atoms with E-state index in [-0.39, 0.29) is 17.0 Å². The summed E-state index contributed by atoms with van der Waals surface area (Å²) in [4.78, 5) is 13.0. The largest absolute Gasteiger partial charge is 0.465 e. The maximum absolute atomic E-state index is 12.7. The van der Waals surface area contributed by atoms with Gasteiger partial charge in [-0.05, 0) is 79.6 Å². The van der Waals surface area contributed by atoms with Gasteiger partial charge in [0.2, 0.25) is 10.0 Å². The molecule has 0 aliphatic carbocycles. The Hall–Kier alpha value is -2.23. The number of aryl methyl sites for hydroxylation is 1. The van der Waals surface area contributed by atoms with Gasteiger partial charge in [0.05, 0.1) is 17.6 Å². The van der Waals surface area contributed by atoms with E-state index in [0.717, 1.165) is 4.90 Å². The van der Waals surface area contributed by atoms with E-state index in [0.29, 0.717) is 38.4 Å². The van der Waals surface area contributed by atoms with E-state index in [9.17, 15) is 13.2 Å². The quantitative estimate of drug-likeness (QED) is 0.196. The summed E-state index contributed by atoms with van der Waals surface area (Å²) in [5, 5.41) is 0.971. The molecular formula is C24H23Cl2NO5S2. The lowest BCUT2D eigenvalue weighted by Crippen LogP contribution is -2.26. The van der Waals surface area contributed by atoms with Gasteiger partial charge in [-0.25, -0.2) is 17.9 Å². The van der Waals surface area contributed by atoms with Crippen LogP contribution >= 0.6 is 35.0 Å². The van der Waals surface area contributed by atoms with Crippen molar-refractivity contribution in [3.8, 4) is 11.5 Å². The molecule has 0 unspecified atom stereocenters. The number of esters is 1. The molecule has 0 amide bonds. The molecule has 0 heterocycles. The number of methoxy groups -OCH3 is 1. The maximum atomic E-state index is 12.7. The van der Waals surface area contributed by atoms with Crippen molar-refractivity contribution in [1.82, 2.24) is 4.72 Å². The van der Waals surface area contributed by atoms with Gasteiger partial charge in [0.15, 0.2) is 0 Å². The number of thioether (sulfide) groups is 1. The van der Waals surface area contributed by atoms with Crippen LogP contribution in [0.1, 0.15) is 21.5 Å². The average Bonchev–Trinajstić information content (AvgIpc) is 2.78. The SMILES string of the molecule is COC(=O)c1cc(S(=O)(=O)NCCSc2ccc(Oc3cc(Cl)cc(Cl)c3)cc2)cc(C)c1C. The van der Waals surface area contributed by atoms with Crippen molar-refractivity contribution in [2.24, 2.45) is 0 Å². The first-order chi connectivity index (χ1) is 16.1. The predicted octanol–water partition coefficient (Wildman–Crippen LogP) is 6.26. The van der Waals surface area contributed by atoms with Crippen LogP contribution in [0, 0.1) is 13.8 Å². The Morgan fingerprint density at radius 2 is 1.62 bits per heavy atom. The molecule has 0 atom stereocenters. The lowest BCUT2D eigenvalue weighted by atomic mass is 10.0. The minimum absolute atomic E-state index is 0.0311. The van der Waals surface area contributed by atoms with E-state index in [1.165, 1.54) is 24.9 Å². The third kappa shape index (κ3) is 6.90. The lowest BCUT2D eigenvalue weighted by Gasteiger charge is -2.12. The van der Waals surface area contributed by atoms with Crippen LogP contribution in [0.2, 0.25) is 10.0 Å². The molecular weight excluding hydrogens is 517 g/mol. The zero-order valence-electron chi connectivity index (χ0n) is 18.7. The van der Waals surface area contributed by atoms with Gasteiger partial charge in [-0.15, -0.1) is 11.8 Å². The number of carbonyl (C=O) groups excluding carboxylic acids is 1. The van der Waals surface area contributed by atoms with E-state index in [2.05, 4.69) is 4.72 Å². The number of hydrogen-bond acceptors (Lipinski definition) is 6. The van der Waals surface area contributed by atoms with Crippen LogP contribution in [0.5, 0.6) is 11.5 Å². The van der Waals surface area contributed by atoms with Crippen molar-refractivity contribution in [3.05, 3.63) is 81.3 Å². The fourth-order valence-electron chi connectivity index (χ4n) is 3.06. The average molecular weight is 540 g/mol. The Kier molecular flexibility index (Phi) is 8.89. The molecule has 0 aliphatic heterocycles. The number of benzene rings is 3. The molecule has 0 aromatic heterocycles. The summed E-state index contributed by atoms with van der Waals surface area (Å²) in [6, 6.07) is 15.2. The highest BCUT2D eigenvalue weighted by molar-refractivity contribution is 7.99. The number of rotatable bonds is 9. The van der Waals surface area contributed by atoms with E-state index in [1.807, 2.05) is 24.3 Å². The summed E-state index contributed by atoms with van der Waals surface area (Å²) in [6.07, 6.45) is 0. The first-order valence-electron chi connectivity index (χ1n) is 10.1. The number of carbonyl (C=O) groups is 1. The molecule has 0 fully saturated rings. The van der Waals surface area contributed by atoms with Crippen molar-refractivity contribution in [2.75, 3.05) is 19.4 Å². The number of sulfonamides is 1. The van der Waals surface area contributed by atoms with E-state index < -0.39 is 16.0 Å². The fraction of sp³-hybridized carbons (Fsp3) is 0.208. The van der Waals surface area contributed by atoms with Gasteiger partial charge in [0, 0.05) is 27.2 Å². The number of hydrogen-bond donors (Lipinski definition) is 1. The van der Waals surface area contributed by atoms with E-state index in [1.54, 1.807) is 38.1 Å². The smallest absolute Gasteiger partial charge is 0.338 e. The van der Waals surface area contributed by atoms with Crippen molar-refractivity contribution < 1.29 is 22.7 Å². The summed E-state index contributed by atoms with van der Waals surface area (Å²) >= 11 is 13.5.